The maximum Gasteiger partial charge on any atom is 0.325 e. The zero-order valence-corrected chi connectivity index (χ0v) is 12.0. The molecule has 0 aliphatic carbocycles. The van der Waals surface area contributed by atoms with Crippen LogP contribution in [0.2, 0.25) is 0 Å². The Morgan fingerprint density at radius 1 is 1.47 bits per heavy atom. The molecule has 1 saturated heterocycles. The average molecular weight is 317 g/mol. The summed E-state index contributed by atoms with van der Waals surface area (Å²) in [5.74, 6) is -0.144. The fourth-order valence-corrected chi connectivity index (χ4v) is 3.20. The first-order chi connectivity index (χ1) is 7.96. The van der Waals surface area contributed by atoms with Gasteiger partial charge in [-0.25, -0.2) is 4.79 Å². The van der Waals surface area contributed by atoms with Gasteiger partial charge < -0.3 is 5.32 Å². The Morgan fingerprint density at radius 3 is 2.65 bits per heavy atom. The predicted octanol–water partition coefficient (Wildman–Crippen LogP) is 2.73. The number of nitrogens with zero attached hydrogens (tertiary/aromatic N) is 1. The highest BCUT2D eigenvalue weighted by Gasteiger charge is 2.46. The van der Waals surface area contributed by atoms with Gasteiger partial charge in [0, 0.05) is 4.88 Å². The first-order valence-corrected chi connectivity index (χ1v) is 6.95. The molecule has 0 spiro atoms. The molecule has 0 radical (unpaired) electrons. The summed E-state index contributed by atoms with van der Waals surface area (Å²) < 4.78 is 0.998. The van der Waals surface area contributed by atoms with Crippen molar-refractivity contribution in [1.82, 2.24) is 10.2 Å². The van der Waals surface area contributed by atoms with Gasteiger partial charge in [0.1, 0.15) is 5.54 Å². The average Bonchev–Trinajstić information content (AvgIpc) is 2.78. The molecule has 0 aromatic carbocycles. The number of carbonyl (C=O) groups excluding carboxylic acids is 2. The Balaban J connectivity index is 2.17. The molecule has 6 heteroatoms. The second-order valence-corrected chi connectivity index (χ2v) is 6.76. The van der Waals surface area contributed by atoms with Crippen molar-refractivity contribution >= 4 is 39.2 Å². The molecule has 3 amide bonds. The number of rotatable bonds is 3. The topological polar surface area (TPSA) is 49.4 Å². The maximum absolute atomic E-state index is 12.1. The van der Waals surface area contributed by atoms with Gasteiger partial charge in [-0.3, -0.25) is 9.69 Å². The van der Waals surface area contributed by atoms with Gasteiger partial charge in [-0.15, -0.1) is 11.3 Å². The summed E-state index contributed by atoms with van der Waals surface area (Å²) in [5.41, 5.74) is -0.744. The first kappa shape index (κ1) is 12.6. The van der Waals surface area contributed by atoms with Gasteiger partial charge in [0.2, 0.25) is 0 Å². The summed E-state index contributed by atoms with van der Waals surface area (Å²) in [6, 6.07) is 3.53. The van der Waals surface area contributed by atoms with Gasteiger partial charge in [-0.05, 0) is 41.4 Å². The molecule has 1 aliphatic heterocycles. The van der Waals surface area contributed by atoms with Crippen LogP contribution in [0.4, 0.5) is 4.79 Å². The highest BCUT2D eigenvalue weighted by atomic mass is 79.9. The van der Waals surface area contributed by atoms with Gasteiger partial charge in [0.15, 0.2) is 0 Å². The number of carbonyl (C=O) groups is 2. The minimum absolute atomic E-state index is 0.144. The van der Waals surface area contributed by atoms with Crippen LogP contribution in [0.25, 0.3) is 0 Å². The molecule has 1 unspecified atom stereocenters. The quantitative estimate of drug-likeness (QED) is 0.872. The lowest BCUT2D eigenvalue weighted by atomic mass is 9.99. The van der Waals surface area contributed by atoms with Crippen LogP contribution in [-0.2, 0) is 11.3 Å². The van der Waals surface area contributed by atoms with E-state index in [9.17, 15) is 9.59 Å². The Hall–Kier alpha value is -0.880. The van der Waals surface area contributed by atoms with E-state index < -0.39 is 5.54 Å². The van der Waals surface area contributed by atoms with Crippen molar-refractivity contribution < 1.29 is 9.59 Å². The largest absolute Gasteiger partial charge is 0.325 e. The number of nitrogens with one attached hydrogen (secondary N) is 1. The summed E-state index contributed by atoms with van der Waals surface area (Å²) in [6.45, 7) is 4.00. The highest BCUT2D eigenvalue weighted by molar-refractivity contribution is 9.11. The summed E-state index contributed by atoms with van der Waals surface area (Å²) in [7, 11) is 0. The Labute approximate surface area is 112 Å². The summed E-state index contributed by atoms with van der Waals surface area (Å²) in [5, 5.41) is 2.74. The molecule has 1 atom stereocenters. The van der Waals surface area contributed by atoms with E-state index in [1.165, 1.54) is 16.2 Å². The van der Waals surface area contributed by atoms with Crippen LogP contribution in [0.3, 0.4) is 0 Å². The Bertz CT molecular complexity index is 474. The molecule has 2 rings (SSSR count). The van der Waals surface area contributed by atoms with Crippen LogP contribution < -0.4 is 5.32 Å². The van der Waals surface area contributed by atoms with E-state index in [1.807, 2.05) is 19.1 Å². The number of urea groups is 1. The van der Waals surface area contributed by atoms with E-state index >= 15 is 0 Å². The van der Waals surface area contributed by atoms with Crippen LogP contribution in [0.15, 0.2) is 15.9 Å². The zero-order valence-electron chi connectivity index (χ0n) is 9.62. The van der Waals surface area contributed by atoms with E-state index in [-0.39, 0.29) is 11.9 Å². The minimum atomic E-state index is -0.744. The van der Waals surface area contributed by atoms with E-state index in [0.717, 1.165) is 8.66 Å². The standard InChI is InChI=1S/C11H13BrN2O2S/c1-3-11(2)9(15)14(10(16)13-11)6-7-4-5-8(12)17-7/h4-5H,3,6H2,1-2H3,(H,13,16). The predicted molar refractivity (Wildman–Crippen MR) is 69.8 cm³/mol. The van der Waals surface area contributed by atoms with Crippen molar-refractivity contribution in [3.05, 3.63) is 20.8 Å². The Kier molecular flexibility index (Phi) is 3.27. The molecular formula is C11H13BrN2O2S. The minimum Gasteiger partial charge on any atom is -0.323 e. The lowest BCUT2D eigenvalue weighted by Gasteiger charge is -2.18. The first-order valence-electron chi connectivity index (χ1n) is 5.34. The van der Waals surface area contributed by atoms with Crippen molar-refractivity contribution in [2.24, 2.45) is 0 Å². The number of hydrogen-bond donors (Lipinski definition) is 1. The van der Waals surface area contributed by atoms with Crippen LogP contribution in [0.5, 0.6) is 0 Å². The van der Waals surface area contributed by atoms with Crippen molar-refractivity contribution in [1.29, 1.82) is 0 Å². The summed E-state index contributed by atoms with van der Waals surface area (Å²) in [4.78, 5) is 26.1. The molecule has 2 heterocycles. The molecule has 1 aromatic rings. The lowest BCUT2D eigenvalue weighted by molar-refractivity contribution is -0.131. The molecule has 1 aliphatic rings. The molecule has 1 N–H and O–H groups in total. The summed E-state index contributed by atoms with van der Waals surface area (Å²) in [6.07, 6.45) is 0.599. The third kappa shape index (κ3) is 2.24. The molecule has 1 fully saturated rings. The normalized spacial score (nSPS) is 24.3. The summed E-state index contributed by atoms with van der Waals surface area (Å²) >= 11 is 4.89. The van der Waals surface area contributed by atoms with Crippen LogP contribution in [0.1, 0.15) is 25.1 Å². The van der Waals surface area contributed by atoms with Gasteiger partial charge in [-0.2, -0.15) is 0 Å². The zero-order chi connectivity index (χ0) is 12.6. The maximum atomic E-state index is 12.1. The number of thiophene rings is 1. The van der Waals surface area contributed by atoms with E-state index in [1.54, 1.807) is 6.92 Å². The number of halogens is 1. The molecule has 92 valence electrons. The van der Waals surface area contributed by atoms with Gasteiger partial charge >= 0.3 is 6.03 Å². The molecule has 4 nitrogen and oxygen atoms in total. The van der Waals surface area contributed by atoms with E-state index in [4.69, 9.17) is 0 Å². The Morgan fingerprint density at radius 2 is 2.18 bits per heavy atom. The van der Waals surface area contributed by atoms with E-state index in [2.05, 4.69) is 21.2 Å². The highest BCUT2D eigenvalue weighted by Crippen LogP contribution is 2.27. The van der Waals surface area contributed by atoms with Crippen molar-refractivity contribution in [2.75, 3.05) is 0 Å². The van der Waals surface area contributed by atoms with Crippen molar-refractivity contribution in [2.45, 2.75) is 32.4 Å². The van der Waals surface area contributed by atoms with Crippen LogP contribution in [0, 0.1) is 0 Å². The second-order valence-electron chi connectivity index (χ2n) is 4.21. The fourth-order valence-electron chi connectivity index (χ4n) is 1.72. The lowest BCUT2D eigenvalue weighted by Crippen LogP contribution is -2.43. The number of amides is 3. The number of hydrogen-bond acceptors (Lipinski definition) is 3. The molecule has 17 heavy (non-hydrogen) atoms. The van der Waals surface area contributed by atoms with Crippen LogP contribution in [-0.4, -0.2) is 22.4 Å². The number of imide groups is 1. The third-order valence-corrected chi connectivity index (χ3v) is 4.60. The smallest absolute Gasteiger partial charge is 0.323 e. The fraction of sp³-hybridized carbons (Fsp3) is 0.455. The second kappa shape index (κ2) is 4.42. The molecule has 0 bridgehead atoms. The molecular weight excluding hydrogens is 304 g/mol. The third-order valence-electron chi connectivity index (χ3n) is 3.00. The molecule has 1 aromatic heterocycles. The monoisotopic (exact) mass is 316 g/mol. The van der Waals surface area contributed by atoms with Crippen molar-refractivity contribution in [3.63, 3.8) is 0 Å². The van der Waals surface area contributed by atoms with E-state index in [0.29, 0.717) is 13.0 Å². The van der Waals surface area contributed by atoms with Gasteiger partial charge in [-0.1, -0.05) is 6.92 Å². The molecule has 0 saturated carbocycles. The van der Waals surface area contributed by atoms with Crippen LogP contribution >= 0.6 is 27.3 Å². The van der Waals surface area contributed by atoms with Gasteiger partial charge in [0.05, 0.1) is 10.3 Å². The SMILES string of the molecule is CCC1(C)NC(=O)N(Cc2ccc(Br)s2)C1=O. The van der Waals surface area contributed by atoms with Gasteiger partial charge in [0.25, 0.3) is 5.91 Å². The van der Waals surface area contributed by atoms with Crippen molar-refractivity contribution in [3.8, 4) is 0 Å².